The molecule has 0 amide bonds. The number of ether oxygens (including phenoxy) is 5. The van der Waals surface area contributed by atoms with Gasteiger partial charge in [-0.1, -0.05) is 25.1 Å². The van der Waals surface area contributed by atoms with E-state index < -0.39 is 62.6 Å². The molecule has 15 nitrogen and oxygen atoms in total. The van der Waals surface area contributed by atoms with Crippen LogP contribution in [0.5, 0.6) is 0 Å². The Morgan fingerprint density at radius 3 is 2.38 bits per heavy atom. The van der Waals surface area contributed by atoms with E-state index in [1.807, 2.05) is 32.4 Å². The van der Waals surface area contributed by atoms with E-state index >= 15 is 0 Å². The molecule has 0 radical (unpaired) electrons. The number of Topliss-reactive ketones (excluding diaryl/α,β-unsaturated/α-hetero) is 1. The van der Waals surface area contributed by atoms with Gasteiger partial charge in [0.15, 0.2) is 6.79 Å². The van der Waals surface area contributed by atoms with E-state index in [0.29, 0.717) is 5.56 Å². The standard InChI is InChI=1S/C30H45BN3O12P/c1-19(2)33(20(3)4)47(44-15-9-14-32)46-27-25(45-29(31)28(27)43-18-42-26(36)13-12-22(6)35)17-41-30(37)40-16-21(5)23-10-7-8-11-24(23)34(38)39/h7-8,10-11,19-21,25,27-29H,9,12-13,15-18,31H2,1-6H3/t21?,25-,27?,28+,29-,47?/m1/s1. The number of esters is 1. The summed E-state index contributed by atoms with van der Waals surface area (Å²) < 4.78 is 42.4. The van der Waals surface area contributed by atoms with Crippen LogP contribution in [-0.4, -0.2) is 98.4 Å². The predicted octanol–water partition coefficient (Wildman–Crippen LogP) is 4.13. The van der Waals surface area contributed by atoms with Gasteiger partial charge in [-0.15, -0.1) is 0 Å². The Kier molecular flexibility index (Phi) is 17.2. The molecule has 47 heavy (non-hydrogen) atoms. The third-order valence-electron chi connectivity index (χ3n) is 7.06. The Morgan fingerprint density at radius 1 is 1.09 bits per heavy atom. The molecule has 1 aromatic rings. The van der Waals surface area contributed by atoms with Crippen LogP contribution in [0.15, 0.2) is 24.3 Å². The molecule has 3 unspecified atom stereocenters. The van der Waals surface area contributed by atoms with Crippen molar-refractivity contribution >= 4 is 40.0 Å². The van der Waals surface area contributed by atoms with Gasteiger partial charge in [-0.3, -0.25) is 14.9 Å². The fraction of sp³-hybridized carbons (Fsp3) is 0.667. The molecule has 1 heterocycles. The Labute approximate surface area is 277 Å². The molecule has 0 aliphatic carbocycles. The number of carbonyl (C=O) groups excluding carboxylic acids is 3. The Morgan fingerprint density at radius 2 is 1.77 bits per heavy atom. The summed E-state index contributed by atoms with van der Waals surface area (Å²) in [6.07, 6.45) is -3.41. The first-order valence-electron chi connectivity index (χ1n) is 15.5. The minimum Gasteiger partial charge on any atom is -0.438 e. The van der Waals surface area contributed by atoms with Gasteiger partial charge in [-0.05, 0) is 34.6 Å². The molecule has 17 heteroatoms. The van der Waals surface area contributed by atoms with Crippen LogP contribution in [0.25, 0.3) is 0 Å². The zero-order valence-electron chi connectivity index (χ0n) is 28.0. The number of benzene rings is 1. The summed E-state index contributed by atoms with van der Waals surface area (Å²) in [5.41, 5.74) is 0.338. The quantitative estimate of drug-likeness (QED) is 0.0364. The molecule has 1 aliphatic rings. The van der Waals surface area contributed by atoms with Gasteiger partial charge in [-0.2, -0.15) is 5.26 Å². The number of nitrogens with zero attached hydrogens (tertiary/aromatic N) is 3. The fourth-order valence-electron chi connectivity index (χ4n) is 4.87. The Hall–Kier alpha value is -3.19. The van der Waals surface area contributed by atoms with Crippen LogP contribution < -0.4 is 0 Å². The van der Waals surface area contributed by atoms with Crippen molar-refractivity contribution in [1.82, 2.24) is 4.67 Å². The molecule has 1 aromatic carbocycles. The number of para-hydroxylation sites is 1. The maximum absolute atomic E-state index is 12.6. The second-order valence-corrected chi connectivity index (χ2v) is 13.0. The minimum atomic E-state index is -1.76. The van der Waals surface area contributed by atoms with Crippen molar-refractivity contribution in [2.24, 2.45) is 0 Å². The van der Waals surface area contributed by atoms with Crippen LogP contribution in [0, 0.1) is 21.4 Å². The molecule has 0 aromatic heterocycles. The molecule has 0 spiro atoms. The maximum Gasteiger partial charge on any atom is 0.508 e. The summed E-state index contributed by atoms with van der Waals surface area (Å²) in [4.78, 5) is 46.8. The highest BCUT2D eigenvalue weighted by atomic mass is 31.2. The van der Waals surface area contributed by atoms with E-state index in [1.54, 1.807) is 33.0 Å². The van der Waals surface area contributed by atoms with Gasteiger partial charge < -0.3 is 37.5 Å². The summed E-state index contributed by atoms with van der Waals surface area (Å²) in [5, 5.41) is 20.5. The normalized spacial score (nSPS) is 20.5. The number of ketones is 1. The summed E-state index contributed by atoms with van der Waals surface area (Å²) in [7, 11) is -0.0350. The summed E-state index contributed by atoms with van der Waals surface area (Å²) in [6, 6.07) is 7.66. The lowest BCUT2D eigenvalue weighted by atomic mass is 9.93. The van der Waals surface area contributed by atoms with Gasteiger partial charge in [-0.25, -0.2) is 9.46 Å². The molecule has 0 N–H and O–H groups in total. The van der Waals surface area contributed by atoms with Crippen molar-refractivity contribution < 1.29 is 52.0 Å². The van der Waals surface area contributed by atoms with Crippen molar-refractivity contribution in [2.75, 3.05) is 26.6 Å². The van der Waals surface area contributed by atoms with Crippen molar-refractivity contribution in [3.63, 3.8) is 0 Å². The van der Waals surface area contributed by atoms with Gasteiger partial charge in [0.25, 0.3) is 14.2 Å². The highest BCUT2D eigenvalue weighted by Crippen LogP contribution is 2.49. The molecule has 1 fully saturated rings. The van der Waals surface area contributed by atoms with E-state index in [2.05, 4.69) is 6.07 Å². The van der Waals surface area contributed by atoms with Gasteiger partial charge >= 0.3 is 12.1 Å². The first-order valence-corrected chi connectivity index (χ1v) is 16.6. The number of hydrogen-bond donors (Lipinski definition) is 0. The maximum atomic E-state index is 12.6. The highest BCUT2D eigenvalue weighted by Gasteiger charge is 2.47. The number of nitriles is 1. The monoisotopic (exact) mass is 681 g/mol. The smallest absolute Gasteiger partial charge is 0.438 e. The highest BCUT2D eigenvalue weighted by molar-refractivity contribution is 7.44. The summed E-state index contributed by atoms with van der Waals surface area (Å²) >= 11 is 0. The lowest BCUT2D eigenvalue weighted by Crippen LogP contribution is -2.42. The summed E-state index contributed by atoms with van der Waals surface area (Å²) in [6.45, 7) is 10.2. The second-order valence-electron chi connectivity index (χ2n) is 11.6. The van der Waals surface area contributed by atoms with Crippen LogP contribution in [0.3, 0.4) is 0 Å². The average Bonchev–Trinajstić information content (AvgIpc) is 3.30. The van der Waals surface area contributed by atoms with E-state index in [4.69, 9.17) is 38.0 Å². The van der Waals surface area contributed by atoms with Crippen LogP contribution in [-0.2, 0) is 42.3 Å². The number of hydrogen-bond acceptors (Lipinski definition) is 14. The van der Waals surface area contributed by atoms with Crippen molar-refractivity contribution in [3.05, 3.63) is 39.9 Å². The molecule has 0 bridgehead atoms. The predicted molar refractivity (Wildman–Crippen MR) is 172 cm³/mol. The van der Waals surface area contributed by atoms with Crippen LogP contribution >= 0.6 is 8.53 Å². The number of carbonyl (C=O) groups is 3. The zero-order chi connectivity index (χ0) is 35.1. The van der Waals surface area contributed by atoms with Crippen LogP contribution in [0.1, 0.15) is 72.3 Å². The molecule has 6 atom stereocenters. The largest absolute Gasteiger partial charge is 0.508 e. The van der Waals surface area contributed by atoms with Gasteiger partial charge in [0.2, 0.25) is 0 Å². The van der Waals surface area contributed by atoms with E-state index in [-0.39, 0.29) is 62.6 Å². The van der Waals surface area contributed by atoms with E-state index in [0.717, 1.165) is 0 Å². The molecule has 0 saturated carbocycles. The van der Waals surface area contributed by atoms with Crippen LogP contribution in [0.2, 0.25) is 0 Å². The first kappa shape index (κ1) is 40.0. The second kappa shape index (κ2) is 20.2. The topological polar surface area (TPSA) is 186 Å². The number of nitro benzene ring substituents is 1. The SMILES string of the molecule is B[C@@H]1O[C@H](COC(=O)OCC(C)c2ccccc2[N+](=O)[O-])C(OP(OCCC#N)N(C(C)C)C(C)C)[C@@H]1OCOC(=O)CCC(C)=O. The Balaban J connectivity index is 2.17. The molecule has 1 aliphatic heterocycles. The molecule has 1 saturated heterocycles. The lowest BCUT2D eigenvalue weighted by molar-refractivity contribution is -0.385. The molecular formula is C30H45BN3O12P. The molecular weight excluding hydrogens is 636 g/mol. The van der Waals surface area contributed by atoms with Gasteiger partial charge in [0.05, 0.1) is 36.4 Å². The first-order chi connectivity index (χ1) is 22.3. The van der Waals surface area contributed by atoms with Crippen molar-refractivity contribution in [3.8, 4) is 6.07 Å². The number of nitro groups is 1. The third kappa shape index (κ3) is 13.1. The molecule has 260 valence electrons. The number of rotatable bonds is 20. The lowest BCUT2D eigenvalue weighted by Gasteiger charge is -2.38. The van der Waals surface area contributed by atoms with Crippen molar-refractivity contribution in [2.45, 2.75) is 103 Å². The Bertz CT molecular complexity index is 1220. The fourth-order valence-corrected chi connectivity index (χ4v) is 6.64. The summed E-state index contributed by atoms with van der Waals surface area (Å²) in [5.74, 6) is -1.23. The zero-order valence-corrected chi connectivity index (χ0v) is 28.9. The van der Waals surface area contributed by atoms with Crippen molar-refractivity contribution in [1.29, 1.82) is 5.26 Å². The minimum absolute atomic E-state index is 0.00310. The van der Waals surface area contributed by atoms with Gasteiger partial charge in [0, 0.05) is 36.1 Å². The van der Waals surface area contributed by atoms with E-state index in [9.17, 15) is 24.5 Å². The van der Waals surface area contributed by atoms with E-state index in [1.165, 1.54) is 13.0 Å². The van der Waals surface area contributed by atoms with Gasteiger partial charge in [0.1, 0.15) is 45.2 Å². The third-order valence-corrected chi connectivity index (χ3v) is 9.19. The molecule has 2 rings (SSSR count). The average molecular weight is 681 g/mol. The van der Waals surface area contributed by atoms with Crippen LogP contribution in [0.4, 0.5) is 10.5 Å².